The molecule has 6 rings (SSSR count). The molecule has 0 spiro atoms. The number of H-pyrrole nitrogens is 1. The summed E-state index contributed by atoms with van der Waals surface area (Å²) >= 11 is 0. The lowest BCUT2D eigenvalue weighted by Gasteiger charge is -2.20. The molecule has 226 valence electrons. The smallest absolute Gasteiger partial charge is 0.387 e. The molecular formula is C20H25N10O11P. The summed E-state index contributed by atoms with van der Waals surface area (Å²) in [5.74, 6) is -0.122. The van der Waals surface area contributed by atoms with Crippen molar-refractivity contribution in [3.63, 3.8) is 0 Å². The highest BCUT2D eigenvalue weighted by Gasteiger charge is 2.47. The number of phosphoric ester groups is 1. The number of fused-ring (bicyclic) bond motifs is 2. The van der Waals surface area contributed by atoms with Gasteiger partial charge in [-0.3, -0.25) is 28.0 Å². The van der Waals surface area contributed by atoms with Gasteiger partial charge in [0.1, 0.15) is 48.5 Å². The Morgan fingerprint density at radius 2 is 1.40 bits per heavy atom. The molecule has 0 radical (unpaired) electrons. The predicted octanol–water partition coefficient (Wildman–Crippen LogP) is -3.50. The van der Waals surface area contributed by atoms with Gasteiger partial charge in [-0.05, 0) is 0 Å². The van der Waals surface area contributed by atoms with Crippen molar-refractivity contribution >= 4 is 41.9 Å². The average molecular weight is 612 g/mol. The summed E-state index contributed by atoms with van der Waals surface area (Å²) in [7, 11) is -4.84. The monoisotopic (exact) mass is 612 g/mol. The molecule has 21 nitrogen and oxygen atoms in total. The first-order chi connectivity index (χ1) is 19.9. The number of aliphatic hydroxyl groups excluding tert-OH is 4. The summed E-state index contributed by atoms with van der Waals surface area (Å²) in [5.41, 5.74) is 11.1. The van der Waals surface area contributed by atoms with Gasteiger partial charge in [0, 0.05) is 0 Å². The van der Waals surface area contributed by atoms with Crippen molar-refractivity contribution in [1.82, 2.24) is 39.0 Å². The van der Waals surface area contributed by atoms with Crippen molar-refractivity contribution in [2.45, 2.75) is 49.1 Å². The minimum Gasteiger partial charge on any atom is -0.387 e. The van der Waals surface area contributed by atoms with E-state index in [4.69, 9.17) is 30.0 Å². The fourth-order valence-corrected chi connectivity index (χ4v) is 5.50. The molecule has 9 atom stereocenters. The summed E-state index contributed by atoms with van der Waals surface area (Å²) in [6.45, 7) is -1.40. The third-order valence-corrected chi connectivity index (χ3v) is 7.82. The van der Waals surface area contributed by atoms with E-state index < -0.39 is 75.7 Å². The molecule has 22 heteroatoms. The van der Waals surface area contributed by atoms with Crippen LogP contribution in [0.5, 0.6) is 0 Å². The number of imidazole rings is 2. The molecule has 2 aliphatic heterocycles. The van der Waals surface area contributed by atoms with E-state index in [2.05, 4.69) is 29.9 Å². The number of hydrogen-bond acceptors (Lipinski definition) is 17. The molecule has 0 aliphatic carbocycles. The van der Waals surface area contributed by atoms with Crippen LogP contribution in [-0.2, 0) is 23.1 Å². The Balaban J connectivity index is 1.08. The molecule has 0 saturated carbocycles. The highest BCUT2D eigenvalue weighted by molar-refractivity contribution is 7.47. The summed E-state index contributed by atoms with van der Waals surface area (Å²) in [6.07, 6.45) is -7.67. The van der Waals surface area contributed by atoms with Crippen LogP contribution in [0.3, 0.4) is 0 Å². The van der Waals surface area contributed by atoms with Crippen molar-refractivity contribution in [2.75, 3.05) is 24.7 Å². The van der Waals surface area contributed by atoms with E-state index in [0.29, 0.717) is 0 Å². The maximum absolute atomic E-state index is 12.6. The van der Waals surface area contributed by atoms with Crippen molar-refractivity contribution in [3.8, 4) is 0 Å². The molecule has 4 aromatic heterocycles. The molecule has 2 fully saturated rings. The van der Waals surface area contributed by atoms with E-state index in [1.807, 2.05) is 0 Å². The van der Waals surface area contributed by atoms with Gasteiger partial charge < -0.3 is 46.3 Å². The highest BCUT2D eigenvalue weighted by atomic mass is 31.2. The Hall–Kier alpha value is -3.63. The minimum atomic E-state index is -4.84. The third kappa shape index (κ3) is 4.90. The van der Waals surface area contributed by atoms with Crippen LogP contribution in [0.1, 0.15) is 12.5 Å². The van der Waals surface area contributed by atoms with Crippen molar-refractivity contribution in [1.29, 1.82) is 0 Å². The second kappa shape index (κ2) is 10.6. The molecule has 0 bridgehead atoms. The average Bonchev–Trinajstić information content (AvgIpc) is 3.69. The van der Waals surface area contributed by atoms with Gasteiger partial charge in [-0.2, -0.15) is 4.98 Å². The summed E-state index contributed by atoms with van der Waals surface area (Å²) in [6, 6.07) is 0. The number of aromatic amines is 1. The number of ether oxygens (including phenoxy) is 2. The first-order valence-corrected chi connectivity index (χ1v) is 13.7. The standard InChI is InChI=1S/C20H25N10O11P/c21-14-8-15(24-3-23-14)29(4-25-8)18-12(33)10(31)6(40-18)1-38-42(36,37)39-2-7-11(32)13(34)19(41-7)30-5-26-9-16(30)27-20(22)28-17(9)35/h3-7,10-13,18-19,31-34H,1-2H2,(H,36,37)(H2,21,23,24)(H3,22,27,28,35)/t6-,7-,10-,11-,12-,13-,18-,19-/m1/s1. The lowest BCUT2D eigenvalue weighted by Crippen LogP contribution is -2.34. The maximum Gasteiger partial charge on any atom is 0.472 e. The number of anilines is 2. The Morgan fingerprint density at radius 3 is 2.00 bits per heavy atom. The quantitative estimate of drug-likeness (QED) is 0.0894. The lowest BCUT2D eigenvalue weighted by atomic mass is 10.1. The number of nitrogens with one attached hydrogen (secondary N) is 1. The molecule has 0 amide bonds. The van der Waals surface area contributed by atoms with Gasteiger partial charge in [-0.15, -0.1) is 0 Å². The van der Waals surface area contributed by atoms with Crippen LogP contribution in [0.25, 0.3) is 22.3 Å². The van der Waals surface area contributed by atoms with Crippen molar-refractivity contribution < 1.29 is 48.4 Å². The van der Waals surface area contributed by atoms with E-state index in [1.54, 1.807) is 0 Å². The van der Waals surface area contributed by atoms with Crippen LogP contribution < -0.4 is 17.0 Å². The second-order valence-corrected chi connectivity index (χ2v) is 11.0. The number of rotatable bonds is 8. The largest absolute Gasteiger partial charge is 0.472 e. The zero-order valence-corrected chi connectivity index (χ0v) is 22.1. The number of hydrogen-bond donors (Lipinski definition) is 8. The van der Waals surface area contributed by atoms with Crippen LogP contribution in [0, 0.1) is 0 Å². The zero-order valence-electron chi connectivity index (χ0n) is 21.2. The van der Waals surface area contributed by atoms with Gasteiger partial charge in [-0.25, -0.2) is 24.5 Å². The molecule has 10 N–H and O–H groups in total. The lowest BCUT2D eigenvalue weighted by molar-refractivity contribution is -0.0608. The number of nitrogens with two attached hydrogens (primary N) is 2. The Morgan fingerprint density at radius 1 is 0.857 bits per heavy atom. The molecule has 0 aromatic carbocycles. The van der Waals surface area contributed by atoms with E-state index in [0.717, 1.165) is 6.33 Å². The molecule has 1 unspecified atom stereocenters. The van der Waals surface area contributed by atoms with Crippen LogP contribution in [-0.4, -0.2) is 114 Å². The first kappa shape index (κ1) is 28.5. The fourth-order valence-electron chi connectivity index (χ4n) is 4.75. The van der Waals surface area contributed by atoms with Gasteiger partial charge in [0.2, 0.25) is 5.95 Å². The zero-order chi connectivity index (χ0) is 29.9. The third-order valence-electron chi connectivity index (χ3n) is 6.86. The predicted molar refractivity (Wildman–Crippen MR) is 136 cm³/mol. The van der Waals surface area contributed by atoms with E-state index in [-0.39, 0.29) is 34.1 Å². The minimum absolute atomic E-state index is 0.0274. The normalized spacial score (nSPS) is 31.3. The molecule has 4 aromatic rings. The van der Waals surface area contributed by atoms with E-state index >= 15 is 0 Å². The van der Waals surface area contributed by atoms with Crippen LogP contribution in [0.4, 0.5) is 11.8 Å². The Kier molecular flexibility index (Phi) is 7.17. The first-order valence-electron chi connectivity index (χ1n) is 12.3. The SMILES string of the molecule is Nc1nc2c(ncn2[C@@H]2O[C@H](COP(=O)(O)OC[C@H]3O[C@@H](n4cnc5c(N)ncnc54)[C@H](O)[C@@H]3O)[C@@H](O)[C@H]2O)c(=O)[nH]1. The van der Waals surface area contributed by atoms with Gasteiger partial charge in [-0.1, -0.05) is 0 Å². The number of nitrogen functional groups attached to an aromatic ring is 2. The molecule has 2 saturated heterocycles. The topological polar surface area (TPSA) is 314 Å². The molecule has 6 heterocycles. The number of aliphatic hydroxyl groups is 4. The highest BCUT2D eigenvalue weighted by Crippen LogP contribution is 2.45. The number of phosphoric acid groups is 1. The van der Waals surface area contributed by atoms with Crippen molar-refractivity contribution in [2.24, 2.45) is 0 Å². The number of nitrogens with zero attached hydrogens (tertiary/aromatic N) is 7. The Labute approximate surface area is 232 Å². The van der Waals surface area contributed by atoms with Gasteiger partial charge in [0.15, 0.2) is 35.1 Å². The van der Waals surface area contributed by atoms with Crippen molar-refractivity contribution in [3.05, 3.63) is 29.3 Å². The van der Waals surface area contributed by atoms with Crippen LogP contribution >= 0.6 is 7.82 Å². The van der Waals surface area contributed by atoms with Crippen LogP contribution in [0.2, 0.25) is 0 Å². The van der Waals surface area contributed by atoms with Gasteiger partial charge in [0.25, 0.3) is 5.56 Å². The summed E-state index contributed by atoms with van der Waals surface area (Å²) in [5, 5.41) is 42.0. The summed E-state index contributed by atoms with van der Waals surface area (Å²) in [4.78, 5) is 44.4. The Bertz CT molecular complexity index is 1730. The van der Waals surface area contributed by atoms with Crippen LogP contribution in [0.15, 0.2) is 23.8 Å². The molecule has 2 aliphatic rings. The second-order valence-electron chi connectivity index (χ2n) is 9.51. The van der Waals surface area contributed by atoms with E-state index in [9.17, 15) is 34.7 Å². The maximum atomic E-state index is 12.6. The summed E-state index contributed by atoms with van der Waals surface area (Å²) < 4.78 is 36.2. The number of aromatic nitrogens is 8. The van der Waals surface area contributed by atoms with Gasteiger partial charge >= 0.3 is 7.82 Å². The molecule has 42 heavy (non-hydrogen) atoms. The van der Waals surface area contributed by atoms with Gasteiger partial charge in [0.05, 0.1) is 25.9 Å². The fraction of sp³-hybridized carbons (Fsp3) is 0.500. The van der Waals surface area contributed by atoms with E-state index in [1.165, 1.54) is 21.8 Å². The molecular weight excluding hydrogens is 587 g/mol.